The van der Waals surface area contributed by atoms with Crippen LogP contribution in [0.15, 0.2) is 28.7 Å². The lowest BCUT2D eigenvalue weighted by atomic mass is 9.94. The summed E-state index contributed by atoms with van der Waals surface area (Å²) >= 11 is 3.34. The fourth-order valence-electron chi connectivity index (χ4n) is 4.13. The maximum atomic E-state index is 13.1. The standard InChI is InChI=1S/C22H22BrN3O5/c1-10-6-11(2)20(28)13(7-10)17-16-18(25-24-17)22(30)26(4-5-27)19(16)12-8-14(23)21(29)15(9-12)31-3/h6-9,19,27-29H,4-5H2,1-3H3,(H,24,25)/t19-/m1/s1. The van der Waals surface area contributed by atoms with Gasteiger partial charge in [-0.2, -0.15) is 5.10 Å². The van der Waals surface area contributed by atoms with Gasteiger partial charge in [0.1, 0.15) is 17.1 Å². The number of nitrogens with one attached hydrogen (secondary N) is 1. The van der Waals surface area contributed by atoms with Crippen LogP contribution < -0.4 is 4.74 Å². The summed E-state index contributed by atoms with van der Waals surface area (Å²) in [6.07, 6.45) is 0. The summed E-state index contributed by atoms with van der Waals surface area (Å²) in [5.41, 5.74) is 4.19. The average molecular weight is 488 g/mol. The van der Waals surface area contributed by atoms with E-state index in [0.29, 0.717) is 38.1 Å². The van der Waals surface area contributed by atoms with E-state index < -0.39 is 6.04 Å². The first kappa shape index (κ1) is 21.2. The second kappa shape index (κ2) is 7.90. The van der Waals surface area contributed by atoms with Crippen molar-refractivity contribution in [2.75, 3.05) is 20.3 Å². The molecule has 0 aliphatic carbocycles. The van der Waals surface area contributed by atoms with Crippen LogP contribution in [-0.4, -0.2) is 56.6 Å². The number of aliphatic hydroxyl groups is 1. The Bertz CT molecular complexity index is 1190. The third-order valence-corrected chi connectivity index (χ3v) is 6.10. The summed E-state index contributed by atoms with van der Waals surface area (Å²) in [5.74, 6) is -0.0200. The van der Waals surface area contributed by atoms with Gasteiger partial charge in [-0.15, -0.1) is 0 Å². The van der Waals surface area contributed by atoms with Gasteiger partial charge in [0.05, 0.1) is 24.2 Å². The molecule has 1 amide bonds. The number of fused-ring (bicyclic) bond motifs is 1. The van der Waals surface area contributed by atoms with E-state index in [2.05, 4.69) is 26.1 Å². The fourth-order valence-corrected chi connectivity index (χ4v) is 4.59. The largest absolute Gasteiger partial charge is 0.507 e. The van der Waals surface area contributed by atoms with Crippen molar-refractivity contribution in [3.63, 3.8) is 0 Å². The number of aromatic nitrogens is 2. The number of carbonyl (C=O) groups excluding carboxylic acids is 1. The zero-order valence-electron chi connectivity index (χ0n) is 17.2. The Morgan fingerprint density at radius 3 is 2.61 bits per heavy atom. The van der Waals surface area contributed by atoms with Crippen LogP contribution in [-0.2, 0) is 0 Å². The number of phenolic OH excluding ortho intramolecular Hbond substituents is 2. The van der Waals surface area contributed by atoms with Gasteiger partial charge in [-0.1, -0.05) is 6.07 Å². The van der Waals surface area contributed by atoms with Crippen LogP contribution in [0, 0.1) is 13.8 Å². The van der Waals surface area contributed by atoms with E-state index in [1.807, 2.05) is 19.1 Å². The zero-order chi connectivity index (χ0) is 22.4. The maximum Gasteiger partial charge on any atom is 0.273 e. The van der Waals surface area contributed by atoms with Crippen molar-refractivity contribution >= 4 is 21.8 Å². The molecular weight excluding hydrogens is 466 g/mol. The Kier molecular flexibility index (Phi) is 5.40. The lowest BCUT2D eigenvalue weighted by molar-refractivity contribution is 0.0706. The van der Waals surface area contributed by atoms with Gasteiger partial charge in [0.2, 0.25) is 0 Å². The number of nitrogens with zero attached hydrogens (tertiary/aromatic N) is 2. The molecule has 0 radical (unpaired) electrons. The number of rotatable bonds is 5. The summed E-state index contributed by atoms with van der Waals surface area (Å²) in [7, 11) is 1.44. The topological polar surface area (TPSA) is 119 Å². The molecule has 9 heteroatoms. The summed E-state index contributed by atoms with van der Waals surface area (Å²) < 4.78 is 5.70. The van der Waals surface area contributed by atoms with Gasteiger partial charge in [0, 0.05) is 17.7 Å². The Morgan fingerprint density at radius 1 is 1.19 bits per heavy atom. The van der Waals surface area contributed by atoms with E-state index >= 15 is 0 Å². The molecule has 8 nitrogen and oxygen atoms in total. The first-order valence-corrected chi connectivity index (χ1v) is 10.4. The molecular formula is C22H22BrN3O5. The Balaban J connectivity index is 1.97. The molecule has 0 saturated heterocycles. The number of hydrogen-bond acceptors (Lipinski definition) is 6. The minimum absolute atomic E-state index is 0.0520. The van der Waals surface area contributed by atoms with Gasteiger partial charge in [-0.3, -0.25) is 9.89 Å². The number of benzene rings is 2. The molecule has 1 atom stereocenters. The SMILES string of the molecule is COc1cc([C@@H]2c3c(-c4cc(C)cc(C)c4O)n[nH]c3C(=O)N2CCO)cc(Br)c1O. The highest BCUT2D eigenvalue weighted by atomic mass is 79.9. The highest BCUT2D eigenvalue weighted by Gasteiger charge is 2.42. The second-order valence-corrected chi connectivity index (χ2v) is 8.37. The highest BCUT2D eigenvalue weighted by molar-refractivity contribution is 9.10. The smallest absolute Gasteiger partial charge is 0.273 e. The average Bonchev–Trinajstić information content (AvgIpc) is 3.27. The quantitative estimate of drug-likeness (QED) is 0.437. The molecule has 31 heavy (non-hydrogen) atoms. The van der Waals surface area contributed by atoms with Gasteiger partial charge < -0.3 is 25.0 Å². The molecule has 4 rings (SSSR count). The number of H-pyrrole nitrogens is 1. The maximum absolute atomic E-state index is 13.1. The first-order valence-electron chi connectivity index (χ1n) is 9.65. The van der Waals surface area contributed by atoms with Gasteiger partial charge in [0.15, 0.2) is 11.5 Å². The normalized spacial score (nSPS) is 15.5. The van der Waals surface area contributed by atoms with Crippen molar-refractivity contribution in [2.45, 2.75) is 19.9 Å². The molecule has 1 aliphatic heterocycles. The molecule has 2 heterocycles. The van der Waals surface area contributed by atoms with Gasteiger partial charge in [0.25, 0.3) is 5.91 Å². The lowest BCUT2D eigenvalue weighted by Gasteiger charge is -2.26. The molecule has 162 valence electrons. The van der Waals surface area contributed by atoms with Crippen LogP contribution in [0.2, 0.25) is 0 Å². The van der Waals surface area contributed by atoms with Crippen LogP contribution in [0.5, 0.6) is 17.2 Å². The van der Waals surface area contributed by atoms with Gasteiger partial charge >= 0.3 is 0 Å². The van der Waals surface area contributed by atoms with Crippen LogP contribution >= 0.6 is 15.9 Å². The van der Waals surface area contributed by atoms with E-state index in [4.69, 9.17) is 4.74 Å². The summed E-state index contributed by atoms with van der Waals surface area (Å²) in [5, 5.41) is 37.7. The number of hydrogen-bond donors (Lipinski definition) is 4. The minimum Gasteiger partial charge on any atom is -0.507 e. The number of ether oxygens (including phenoxy) is 1. The second-order valence-electron chi connectivity index (χ2n) is 7.52. The van der Waals surface area contributed by atoms with Gasteiger partial charge in [-0.05, 0) is 64.7 Å². The lowest BCUT2D eigenvalue weighted by Crippen LogP contribution is -2.32. The monoisotopic (exact) mass is 487 g/mol. The first-order chi connectivity index (χ1) is 14.8. The zero-order valence-corrected chi connectivity index (χ0v) is 18.8. The number of aromatic hydroxyl groups is 2. The van der Waals surface area contributed by atoms with E-state index in [9.17, 15) is 20.1 Å². The van der Waals surface area contributed by atoms with Crippen molar-refractivity contribution < 1.29 is 24.9 Å². The third-order valence-electron chi connectivity index (χ3n) is 5.49. The Morgan fingerprint density at radius 2 is 1.94 bits per heavy atom. The number of carbonyl (C=O) groups is 1. The summed E-state index contributed by atoms with van der Waals surface area (Å²) in [6.45, 7) is 3.61. The molecule has 4 N–H and O–H groups in total. The highest BCUT2D eigenvalue weighted by Crippen LogP contribution is 2.47. The molecule has 1 aliphatic rings. The van der Waals surface area contributed by atoms with Crippen molar-refractivity contribution in [3.05, 3.63) is 56.7 Å². The molecule has 0 saturated carbocycles. The number of halogens is 1. The number of phenols is 2. The van der Waals surface area contributed by atoms with E-state index in [0.717, 1.165) is 5.56 Å². The van der Waals surface area contributed by atoms with Gasteiger partial charge in [-0.25, -0.2) is 0 Å². The molecule has 1 aromatic heterocycles. The van der Waals surface area contributed by atoms with Crippen molar-refractivity contribution in [2.24, 2.45) is 0 Å². The number of β-amino-alcohol motifs (C(OH)–C–C–N with tert-alkyl or cyclic N) is 1. The van der Waals surface area contributed by atoms with E-state index in [1.165, 1.54) is 12.0 Å². The molecule has 0 bridgehead atoms. The van der Waals surface area contributed by atoms with Crippen LogP contribution in [0.25, 0.3) is 11.3 Å². The fraction of sp³-hybridized carbons (Fsp3) is 0.273. The Hall–Kier alpha value is -3.04. The number of aromatic amines is 1. The predicted molar refractivity (Wildman–Crippen MR) is 117 cm³/mol. The number of aliphatic hydroxyl groups excluding tert-OH is 1. The number of aryl methyl sites for hydroxylation is 2. The molecule has 0 unspecified atom stereocenters. The van der Waals surface area contributed by atoms with Crippen molar-refractivity contribution in [1.82, 2.24) is 15.1 Å². The molecule has 0 fully saturated rings. The van der Waals surface area contributed by atoms with Crippen LogP contribution in [0.4, 0.5) is 0 Å². The molecule has 3 aromatic rings. The van der Waals surface area contributed by atoms with Crippen LogP contribution in [0.3, 0.4) is 0 Å². The minimum atomic E-state index is -0.602. The van der Waals surface area contributed by atoms with Crippen molar-refractivity contribution in [1.29, 1.82) is 0 Å². The Labute approximate surface area is 187 Å². The van der Waals surface area contributed by atoms with E-state index in [-0.39, 0.29) is 36.3 Å². The summed E-state index contributed by atoms with van der Waals surface area (Å²) in [4.78, 5) is 14.7. The van der Waals surface area contributed by atoms with E-state index in [1.54, 1.807) is 19.1 Å². The van der Waals surface area contributed by atoms with Crippen LogP contribution in [0.1, 0.15) is 38.8 Å². The molecule has 0 spiro atoms. The predicted octanol–water partition coefficient (Wildman–Crippen LogP) is 3.41. The number of methoxy groups -OCH3 is 1. The van der Waals surface area contributed by atoms with Crippen molar-refractivity contribution in [3.8, 4) is 28.5 Å². The summed E-state index contributed by atoms with van der Waals surface area (Å²) in [6, 6.07) is 6.44. The third kappa shape index (κ3) is 3.34. The number of amides is 1. The molecule has 2 aromatic carbocycles.